The minimum absolute atomic E-state index is 0.0288. The van der Waals surface area contributed by atoms with Gasteiger partial charge in [-0.05, 0) is 60.4 Å². The summed E-state index contributed by atoms with van der Waals surface area (Å²) < 4.78 is 18.0. The largest absolute Gasteiger partial charge is 0.490 e. The summed E-state index contributed by atoms with van der Waals surface area (Å²) in [5.41, 5.74) is 1.24. The average molecular weight is 362 g/mol. The van der Waals surface area contributed by atoms with Crippen molar-refractivity contribution in [2.24, 2.45) is 0 Å². The predicted molar refractivity (Wildman–Crippen MR) is 78.9 cm³/mol. The Balaban J connectivity index is 1.70. The summed E-state index contributed by atoms with van der Waals surface area (Å²) >= 11 is 2.31. The summed E-state index contributed by atoms with van der Waals surface area (Å²) in [5, 5.41) is 0. The zero-order chi connectivity index (χ0) is 12.8. The van der Waals surface area contributed by atoms with Crippen LogP contribution in [0.5, 0.6) is 5.75 Å². The van der Waals surface area contributed by atoms with Crippen molar-refractivity contribution in [3.05, 3.63) is 27.3 Å². The van der Waals surface area contributed by atoms with E-state index >= 15 is 0 Å². The van der Waals surface area contributed by atoms with Gasteiger partial charge in [0.15, 0.2) is 6.29 Å². The molecule has 1 atom stereocenters. The molecule has 0 spiro atoms. The molecule has 1 fully saturated rings. The smallest absolute Gasteiger partial charge is 0.157 e. The van der Waals surface area contributed by atoms with Crippen LogP contribution in [-0.2, 0) is 9.47 Å². The van der Waals surface area contributed by atoms with E-state index in [0.29, 0.717) is 13.2 Å². The van der Waals surface area contributed by atoms with Gasteiger partial charge in [0, 0.05) is 6.61 Å². The number of hydrogen-bond acceptors (Lipinski definition) is 3. The van der Waals surface area contributed by atoms with Crippen molar-refractivity contribution in [2.75, 3.05) is 19.8 Å². The molecule has 0 radical (unpaired) electrons. The van der Waals surface area contributed by atoms with E-state index in [1.54, 1.807) is 0 Å². The van der Waals surface area contributed by atoms with Gasteiger partial charge >= 0.3 is 0 Å². The van der Waals surface area contributed by atoms with E-state index in [0.717, 1.165) is 25.2 Å². The van der Waals surface area contributed by atoms with E-state index < -0.39 is 0 Å². The van der Waals surface area contributed by atoms with Crippen LogP contribution in [0.15, 0.2) is 18.2 Å². The Morgan fingerprint density at radius 2 is 2.22 bits per heavy atom. The third kappa shape index (κ3) is 4.10. The third-order valence-corrected chi connectivity index (χ3v) is 4.32. The van der Waals surface area contributed by atoms with Crippen molar-refractivity contribution in [2.45, 2.75) is 32.5 Å². The summed E-state index contributed by atoms with van der Waals surface area (Å²) in [5.74, 6) is 0.934. The Morgan fingerprint density at radius 1 is 1.33 bits per heavy atom. The maximum Gasteiger partial charge on any atom is 0.157 e. The lowest BCUT2D eigenvalue weighted by Crippen LogP contribution is -2.24. The Labute approximate surface area is 122 Å². The first-order valence-electron chi connectivity index (χ1n) is 6.38. The molecule has 1 heterocycles. The molecule has 0 aromatic heterocycles. The first-order chi connectivity index (χ1) is 8.77. The molecule has 0 amide bonds. The van der Waals surface area contributed by atoms with Crippen molar-refractivity contribution in [1.29, 1.82) is 0 Å². The van der Waals surface area contributed by atoms with Gasteiger partial charge < -0.3 is 14.2 Å². The standard InChI is InChI=1S/C14H19IO3/c1-11-5-4-6-12(14(11)15)16-9-10-18-13-7-2-3-8-17-13/h4-6,13H,2-3,7-10H2,1H3. The van der Waals surface area contributed by atoms with Gasteiger partial charge in [0.1, 0.15) is 12.4 Å². The monoisotopic (exact) mass is 362 g/mol. The van der Waals surface area contributed by atoms with Crippen LogP contribution >= 0.6 is 22.6 Å². The Bertz CT molecular complexity index is 375. The zero-order valence-corrected chi connectivity index (χ0v) is 12.8. The fraction of sp³-hybridized carbons (Fsp3) is 0.571. The molecule has 1 saturated heterocycles. The quantitative estimate of drug-likeness (QED) is 0.593. The second-order valence-electron chi connectivity index (χ2n) is 4.40. The molecule has 1 aliphatic rings. The molecule has 2 rings (SSSR count). The summed E-state index contributed by atoms with van der Waals surface area (Å²) in [6.45, 7) is 4.05. The fourth-order valence-corrected chi connectivity index (χ4v) is 2.42. The summed E-state index contributed by atoms with van der Waals surface area (Å²) in [7, 11) is 0. The lowest BCUT2D eigenvalue weighted by atomic mass is 10.2. The van der Waals surface area contributed by atoms with Crippen LogP contribution in [0.4, 0.5) is 0 Å². The highest BCUT2D eigenvalue weighted by Gasteiger charge is 2.13. The number of rotatable bonds is 5. The third-order valence-electron chi connectivity index (χ3n) is 2.94. The van der Waals surface area contributed by atoms with Crippen LogP contribution in [0.1, 0.15) is 24.8 Å². The van der Waals surface area contributed by atoms with Gasteiger partial charge in [-0.1, -0.05) is 12.1 Å². The van der Waals surface area contributed by atoms with Crippen molar-refractivity contribution >= 4 is 22.6 Å². The topological polar surface area (TPSA) is 27.7 Å². The van der Waals surface area contributed by atoms with Gasteiger partial charge in [0.05, 0.1) is 10.2 Å². The van der Waals surface area contributed by atoms with Crippen molar-refractivity contribution in [3.63, 3.8) is 0 Å². The van der Waals surface area contributed by atoms with Gasteiger partial charge in [-0.25, -0.2) is 0 Å². The molecular formula is C14H19IO3. The zero-order valence-electron chi connectivity index (χ0n) is 10.7. The van der Waals surface area contributed by atoms with Crippen LogP contribution < -0.4 is 4.74 Å². The summed E-state index contributed by atoms with van der Waals surface area (Å²) in [4.78, 5) is 0. The number of hydrogen-bond donors (Lipinski definition) is 0. The minimum Gasteiger partial charge on any atom is -0.490 e. The molecule has 100 valence electrons. The lowest BCUT2D eigenvalue weighted by Gasteiger charge is -2.22. The second-order valence-corrected chi connectivity index (χ2v) is 5.48. The van der Waals surface area contributed by atoms with Crippen LogP contribution in [0, 0.1) is 10.5 Å². The van der Waals surface area contributed by atoms with Crippen molar-refractivity contribution in [1.82, 2.24) is 0 Å². The highest BCUT2D eigenvalue weighted by Crippen LogP contribution is 2.23. The van der Waals surface area contributed by atoms with Gasteiger partial charge in [-0.15, -0.1) is 0 Å². The molecule has 0 N–H and O–H groups in total. The molecular weight excluding hydrogens is 343 g/mol. The Hall–Kier alpha value is -0.330. The van der Waals surface area contributed by atoms with Crippen LogP contribution in [0.3, 0.4) is 0 Å². The first kappa shape index (κ1) is 14.1. The van der Waals surface area contributed by atoms with Crippen LogP contribution in [-0.4, -0.2) is 26.1 Å². The maximum absolute atomic E-state index is 5.72. The fourth-order valence-electron chi connectivity index (χ4n) is 1.91. The number of aryl methyl sites for hydroxylation is 1. The highest BCUT2D eigenvalue weighted by atomic mass is 127. The minimum atomic E-state index is -0.0288. The summed E-state index contributed by atoms with van der Waals surface area (Å²) in [6.07, 6.45) is 3.32. The molecule has 0 bridgehead atoms. The normalized spacial score (nSPS) is 19.8. The van der Waals surface area contributed by atoms with Crippen LogP contribution in [0.2, 0.25) is 0 Å². The van der Waals surface area contributed by atoms with Crippen molar-refractivity contribution in [3.8, 4) is 5.75 Å². The molecule has 0 saturated carbocycles. The van der Waals surface area contributed by atoms with E-state index in [-0.39, 0.29) is 6.29 Å². The van der Waals surface area contributed by atoms with E-state index in [1.165, 1.54) is 15.6 Å². The molecule has 1 aromatic rings. The molecule has 1 unspecified atom stereocenters. The van der Waals surface area contributed by atoms with E-state index in [4.69, 9.17) is 14.2 Å². The molecule has 18 heavy (non-hydrogen) atoms. The second kappa shape index (κ2) is 7.31. The number of halogens is 1. The van der Waals surface area contributed by atoms with Crippen LogP contribution in [0.25, 0.3) is 0 Å². The highest BCUT2D eigenvalue weighted by molar-refractivity contribution is 14.1. The molecule has 3 nitrogen and oxygen atoms in total. The average Bonchev–Trinajstić information content (AvgIpc) is 2.40. The Kier molecular flexibility index (Phi) is 5.72. The predicted octanol–water partition coefficient (Wildman–Crippen LogP) is 3.52. The van der Waals surface area contributed by atoms with E-state index in [9.17, 15) is 0 Å². The van der Waals surface area contributed by atoms with Gasteiger partial charge in [0.25, 0.3) is 0 Å². The van der Waals surface area contributed by atoms with Gasteiger partial charge in [-0.2, -0.15) is 0 Å². The number of ether oxygens (including phenoxy) is 3. The Morgan fingerprint density at radius 3 is 3.00 bits per heavy atom. The maximum atomic E-state index is 5.72. The molecule has 0 aliphatic carbocycles. The lowest BCUT2D eigenvalue weighted by molar-refractivity contribution is -0.165. The van der Waals surface area contributed by atoms with E-state index in [1.807, 2.05) is 12.1 Å². The molecule has 4 heteroatoms. The molecule has 1 aromatic carbocycles. The summed E-state index contributed by atoms with van der Waals surface area (Å²) in [6, 6.07) is 6.09. The van der Waals surface area contributed by atoms with Gasteiger partial charge in [-0.3, -0.25) is 0 Å². The molecule has 1 aliphatic heterocycles. The van der Waals surface area contributed by atoms with Gasteiger partial charge in [0.2, 0.25) is 0 Å². The van der Waals surface area contributed by atoms with Crippen molar-refractivity contribution < 1.29 is 14.2 Å². The number of benzene rings is 1. The first-order valence-corrected chi connectivity index (χ1v) is 7.46. The van der Waals surface area contributed by atoms with E-state index in [2.05, 4.69) is 35.6 Å². The SMILES string of the molecule is Cc1cccc(OCCOC2CCCCO2)c1I.